The number of unbranched alkanes of at least 4 members (excludes halogenated alkanes) is 3. The number of guanidine groups is 1. The number of carboxylic acid groups (broad SMARTS) is 1. The Morgan fingerprint density at radius 3 is 2.62 bits per heavy atom. The van der Waals surface area contributed by atoms with Gasteiger partial charge in [0.15, 0.2) is 5.96 Å². The Kier molecular flexibility index (Phi) is 13.6. The molecule has 0 saturated heterocycles. The van der Waals surface area contributed by atoms with Crippen LogP contribution in [0.25, 0.3) is 16.1 Å². The van der Waals surface area contributed by atoms with Crippen molar-refractivity contribution in [3.63, 3.8) is 0 Å². The number of carbonyl (C=O) groups is 3. The van der Waals surface area contributed by atoms with E-state index in [4.69, 9.17) is 16.2 Å². The average molecular weight is 683 g/mol. The number of aliphatic hydroxyl groups is 1. The number of aliphatic hydroxyl groups excluding tert-OH is 1. The number of aldehydes is 2. The molecule has 0 amide bonds. The zero-order valence-electron chi connectivity index (χ0n) is 28.9. The molecule has 2 aliphatic rings. The Morgan fingerprint density at radius 1 is 1.04 bits per heavy atom. The largest absolute Gasteiger partial charge is 0.478 e. The van der Waals surface area contributed by atoms with Crippen LogP contribution in [0.15, 0.2) is 65.3 Å². The van der Waals surface area contributed by atoms with Crippen molar-refractivity contribution < 1.29 is 24.6 Å². The smallest absolute Gasteiger partial charge is 0.328 e. The molecule has 268 valence electrons. The summed E-state index contributed by atoms with van der Waals surface area (Å²) in [5.41, 5.74) is 10.5. The van der Waals surface area contributed by atoms with E-state index in [1.165, 1.54) is 22.6 Å². The van der Waals surface area contributed by atoms with Crippen molar-refractivity contribution in [3.8, 4) is 0 Å². The fraction of sp³-hybridized carbons (Fsp3) is 0.500. The van der Waals surface area contributed by atoms with Gasteiger partial charge in [-0.3, -0.25) is 4.99 Å². The van der Waals surface area contributed by atoms with E-state index in [0.717, 1.165) is 81.3 Å². The summed E-state index contributed by atoms with van der Waals surface area (Å²) in [6.45, 7) is 0.636. The minimum absolute atomic E-state index is 0.0165. The number of benzene rings is 2. The number of fused-ring (bicyclic) bond motifs is 2. The molecule has 5 atom stereocenters. The summed E-state index contributed by atoms with van der Waals surface area (Å²) in [4.78, 5) is 42.5. The highest BCUT2D eigenvalue weighted by Crippen LogP contribution is 2.45. The van der Waals surface area contributed by atoms with E-state index in [9.17, 15) is 19.5 Å². The third kappa shape index (κ3) is 10.1. The van der Waals surface area contributed by atoms with Crippen LogP contribution < -0.4 is 11.1 Å². The number of nitrogens with zero attached hydrogens (tertiary/aromatic N) is 2. The number of H-pyrrole nitrogens is 1. The Morgan fingerprint density at radius 2 is 1.88 bits per heavy atom. The number of hydrogen-bond donors (Lipinski definition) is 5. The van der Waals surface area contributed by atoms with Gasteiger partial charge in [0.1, 0.15) is 12.6 Å². The lowest BCUT2D eigenvalue weighted by Gasteiger charge is -2.40. The molecule has 1 aromatic heterocycles. The van der Waals surface area contributed by atoms with E-state index < -0.39 is 5.97 Å². The van der Waals surface area contributed by atoms with Gasteiger partial charge in [-0.15, -0.1) is 0 Å². The number of aromatic amines is 1. The van der Waals surface area contributed by atoms with Gasteiger partial charge in [0.2, 0.25) is 0 Å². The molecule has 0 bridgehead atoms. The van der Waals surface area contributed by atoms with Crippen LogP contribution in [0.1, 0.15) is 93.2 Å². The summed E-state index contributed by atoms with van der Waals surface area (Å²) in [6.07, 6.45) is 16.1. The first-order valence-electron chi connectivity index (χ1n) is 18.3. The van der Waals surface area contributed by atoms with E-state index in [1.54, 1.807) is 0 Å². The minimum atomic E-state index is -1.01. The van der Waals surface area contributed by atoms with Crippen LogP contribution in [0.4, 0.5) is 5.82 Å². The van der Waals surface area contributed by atoms with Gasteiger partial charge < -0.3 is 41.2 Å². The van der Waals surface area contributed by atoms with E-state index in [-0.39, 0.29) is 36.4 Å². The molecule has 0 saturated carbocycles. The summed E-state index contributed by atoms with van der Waals surface area (Å²) in [5.74, 6) is 0.538. The lowest BCUT2D eigenvalue weighted by Crippen LogP contribution is -2.47. The topological polar surface area (TPSA) is 172 Å². The fourth-order valence-electron chi connectivity index (χ4n) is 7.98. The Labute approximate surface area is 295 Å². The van der Waals surface area contributed by atoms with E-state index in [0.29, 0.717) is 49.6 Å². The number of aryl methyl sites for hydroxylation is 1. The van der Waals surface area contributed by atoms with Crippen molar-refractivity contribution >= 4 is 41.1 Å². The molecular weight excluding hydrogens is 630 g/mol. The maximum atomic E-state index is 12.2. The van der Waals surface area contributed by atoms with E-state index in [1.807, 2.05) is 24.4 Å². The van der Waals surface area contributed by atoms with Crippen LogP contribution in [0, 0.1) is 11.8 Å². The van der Waals surface area contributed by atoms with Gasteiger partial charge in [-0.25, -0.2) is 4.79 Å². The molecule has 3 aromatic rings. The molecule has 0 fully saturated rings. The summed E-state index contributed by atoms with van der Waals surface area (Å²) >= 11 is 0. The van der Waals surface area contributed by atoms with Crippen LogP contribution in [-0.4, -0.2) is 64.9 Å². The summed E-state index contributed by atoms with van der Waals surface area (Å²) in [6, 6.07) is 14.1. The molecule has 50 heavy (non-hydrogen) atoms. The molecule has 10 heteroatoms. The number of rotatable bonds is 20. The predicted octanol–water partition coefficient (Wildman–Crippen LogP) is 6.64. The first-order chi connectivity index (χ1) is 24.4. The third-order valence-electron chi connectivity index (χ3n) is 10.5. The quantitative estimate of drug-likeness (QED) is 0.0505. The number of carboxylic acids is 1. The average Bonchev–Trinajstić information content (AvgIpc) is 3.63. The second kappa shape index (κ2) is 18.5. The van der Waals surface area contributed by atoms with Gasteiger partial charge >= 0.3 is 5.97 Å². The van der Waals surface area contributed by atoms with Gasteiger partial charge in [-0.05, 0) is 102 Å². The number of hydrogen-bond acceptors (Lipinski definition) is 7. The molecule has 0 radical (unpaired) electrons. The molecule has 10 nitrogen and oxygen atoms in total. The van der Waals surface area contributed by atoms with E-state index >= 15 is 0 Å². The zero-order chi connectivity index (χ0) is 35.3. The number of nitrogens with one attached hydrogen (secondary N) is 2. The summed E-state index contributed by atoms with van der Waals surface area (Å²) in [5, 5.41) is 29.8. The number of aliphatic imine (C=N–C) groups is 1. The molecule has 1 aliphatic heterocycles. The normalized spacial score (nSPS) is 20.3. The predicted molar refractivity (Wildman–Crippen MR) is 198 cm³/mol. The summed E-state index contributed by atoms with van der Waals surface area (Å²) < 4.78 is 0. The van der Waals surface area contributed by atoms with Crippen LogP contribution in [0.2, 0.25) is 0 Å². The molecular formula is C40H52N5O5-. The lowest BCUT2D eigenvalue weighted by atomic mass is 9.69. The van der Waals surface area contributed by atoms with Gasteiger partial charge in [0, 0.05) is 31.6 Å². The van der Waals surface area contributed by atoms with Crippen molar-refractivity contribution in [2.75, 3.05) is 13.2 Å². The molecule has 2 aromatic carbocycles. The third-order valence-corrected chi connectivity index (χ3v) is 10.5. The second-order valence-corrected chi connectivity index (χ2v) is 13.9. The van der Waals surface area contributed by atoms with Crippen LogP contribution >= 0.6 is 0 Å². The first kappa shape index (κ1) is 36.8. The number of aromatic nitrogens is 1. The molecule has 0 unspecified atom stereocenters. The number of carbonyl (C=O) groups excluding carboxylic acids is 2. The second-order valence-electron chi connectivity index (χ2n) is 13.9. The van der Waals surface area contributed by atoms with Crippen LogP contribution in [0.3, 0.4) is 0 Å². The maximum Gasteiger partial charge on any atom is 0.328 e. The minimum Gasteiger partial charge on any atom is -0.478 e. The highest BCUT2D eigenvalue weighted by atomic mass is 16.4. The standard InChI is InChI=1S/C40H52N5O5/c41-40-43-18-15-36(45-40)35(25-39(49)50)37(44-38-10-5-17-42-38)24-31-14-13-30-22-29-12-11-27(16-20-47)21-32(29)23-34(30)33(31)9-4-2-1-3-7-28(26-48)8-6-19-46/h5,10-12,17,20-23,25-26,28,31,33,36-37,42,46H,1-4,6-9,13-16,18-19,24H2,(H,49,50)(H3,41,43,45)/q-1/b35-25+/t28-,31+,33+,36+,37-/m0/s1. The van der Waals surface area contributed by atoms with Crippen LogP contribution in [0.5, 0.6) is 0 Å². The van der Waals surface area contributed by atoms with Crippen molar-refractivity contribution in [1.82, 2.24) is 10.3 Å². The van der Waals surface area contributed by atoms with Crippen LogP contribution in [-0.2, 0) is 27.2 Å². The van der Waals surface area contributed by atoms with Gasteiger partial charge in [0.25, 0.3) is 0 Å². The Balaban J connectivity index is 1.41. The lowest BCUT2D eigenvalue weighted by molar-refractivity contribution is -0.131. The fourth-order valence-corrected chi connectivity index (χ4v) is 7.98. The summed E-state index contributed by atoms with van der Waals surface area (Å²) in [7, 11) is 0. The number of aliphatic carboxylic acids is 1. The Hall–Kier alpha value is -4.44. The monoisotopic (exact) mass is 682 g/mol. The molecule has 2 heterocycles. The van der Waals surface area contributed by atoms with Gasteiger partial charge in [0.05, 0.1) is 6.04 Å². The van der Waals surface area contributed by atoms with Crippen molar-refractivity contribution in [2.24, 2.45) is 22.6 Å². The molecule has 1 aliphatic carbocycles. The van der Waals surface area contributed by atoms with Gasteiger partial charge in [-0.1, -0.05) is 80.2 Å². The maximum absolute atomic E-state index is 12.2. The SMILES string of the molecule is NC1=NCC[C@H](/C(=C\C(=O)O)[C@H](C[C@H]2CCc3cc4ccc(CC=O)cc4cc3[C@@H]2CCCCCC[C@H](C=O)CCCO)[N-]c2ccc[nH]2)N1. The Bertz CT molecular complexity index is 1630. The zero-order valence-corrected chi connectivity index (χ0v) is 28.9. The molecule has 5 rings (SSSR count). The highest BCUT2D eigenvalue weighted by Gasteiger charge is 2.33. The first-order valence-corrected chi connectivity index (χ1v) is 18.3. The highest BCUT2D eigenvalue weighted by molar-refractivity contribution is 5.86. The van der Waals surface area contributed by atoms with Crippen molar-refractivity contribution in [1.29, 1.82) is 0 Å². The number of nitrogens with two attached hydrogens (primary N) is 1. The van der Waals surface area contributed by atoms with Gasteiger partial charge in [-0.2, -0.15) is 0 Å². The van der Waals surface area contributed by atoms with E-state index in [2.05, 4.69) is 39.6 Å². The van der Waals surface area contributed by atoms with Crippen molar-refractivity contribution in [3.05, 3.63) is 82.3 Å². The van der Waals surface area contributed by atoms with Crippen molar-refractivity contribution in [2.45, 2.75) is 101 Å². The molecule has 6 N–H and O–H groups in total. The molecule has 0 spiro atoms.